The highest BCUT2D eigenvalue weighted by Crippen LogP contribution is 2.22. The molecule has 1 unspecified atom stereocenters. The van der Waals surface area contributed by atoms with Crippen molar-refractivity contribution in [3.63, 3.8) is 0 Å². The molecule has 1 rings (SSSR count). The molecule has 0 aromatic carbocycles. The van der Waals surface area contributed by atoms with Gasteiger partial charge in [-0.25, -0.2) is 0 Å². The summed E-state index contributed by atoms with van der Waals surface area (Å²) in [7, 11) is 0. The first-order chi connectivity index (χ1) is 4.20. The van der Waals surface area contributed by atoms with Gasteiger partial charge >= 0.3 is 0 Å². The molecule has 54 valence electrons. The molecule has 0 saturated heterocycles. The van der Waals surface area contributed by atoms with Crippen molar-refractivity contribution in [2.24, 2.45) is 11.7 Å². The van der Waals surface area contributed by atoms with Gasteiger partial charge in [-0.2, -0.15) is 0 Å². The van der Waals surface area contributed by atoms with Gasteiger partial charge in [-0.1, -0.05) is 6.92 Å². The van der Waals surface area contributed by atoms with E-state index in [2.05, 4.69) is 6.92 Å². The fourth-order valence-electron chi connectivity index (χ4n) is 1.33. The summed E-state index contributed by atoms with van der Waals surface area (Å²) < 4.78 is 0. The smallest absolute Gasteiger partial charge is 0.0555 e. The van der Waals surface area contributed by atoms with E-state index in [1.54, 1.807) is 0 Å². The van der Waals surface area contributed by atoms with Crippen LogP contribution in [-0.2, 0) is 0 Å². The zero-order chi connectivity index (χ0) is 6.85. The highest BCUT2D eigenvalue weighted by Gasteiger charge is 2.22. The van der Waals surface area contributed by atoms with Crippen LogP contribution in [0.3, 0.4) is 0 Å². The van der Waals surface area contributed by atoms with Gasteiger partial charge in [-0.15, -0.1) is 0 Å². The van der Waals surface area contributed by atoms with E-state index in [0.717, 1.165) is 19.3 Å². The number of nitrogens with two attached hydrogens (primary N) is 1. The van der Waals surface area contributed by atoms with Crippen LogP contribution in [0.15, 0.2) is 0 Å². The quantitative estimate of drug-likeness (QED) is 0.500. The Morgan fingerprint density at radius 3 is 2.56 bits per heavy atom. The second kappa shape index (κ2) is 2.67. The van der Waals surface area contributed by atoms with Crippen LogP contribution in [0.5, 0.6) is 0 Å². The molecule has 1 aliphatic rings. The summed E-state index contributed by atoms with van der Waals surface area (Å²) in [5, 5.41) is 9.12. The lowest BCUT2D eigenvalue weighted by molar-refractivity contribution is 0.0998. The maximum absolute atomic E-state index is 9.12. The lowest BCUT2D eigenvalue weighted by Crippen LogP contribution is -2.36. The largest absolute Gasteiger partial charge is 0.393 e. The highest BCUT2D eigenvalue weighted by molar-refractivity contribution is 4.79. The van der Waals surface area contributed by atoms with Gasteiger partial charge in [0.25, 0.3) is 0 Å². The Balaban J connectivity index is 2.35. The fourth-order valence-corrected chi connectivity index (χ4v) is 1.33. The van der Waals surface area contributed by atoms with Gasteiger partial charge in [0, 0.05) is 6.04 Å². The summed E-state index contributed by atoms with van der Waals surface area (Å²) in [6.07, 6.45) is 2.69. The SMILES string of the molecule is C[C@H]1CCC(O)C[C@H]1N. The third kappa shape index (κ3) is 1.66. The molecule has 9 heavy (non-hydrogen) atoms. The summed E-state index contributed by atoms with van der Waals surface area (Å²) >= 11 is 0. The Hall–Kier alpha value is -0.0800. The van der Waals surface area contributed by atoms with Crippen molar-refractivity contribution in [1.29, 1.82) is 0 Å². The first kappa shape index (κ1) is 7.03. The maximum Gasteiger partial charge on any atom is 0.0555 e. The van der Waals surface area contributed by atoms with E-state index in [0.29, 0.717) is 5.92 Å². The number of rotatable bonds is 0. The van der Waals surface area contributed by atoms with Crippen LogP contribution in [0.2, 0.25) is 0 Å². The van der Waals surface area contributed by atoms with Crippen LogP contribution in [0.25, 0.3) is 0 Å². The van der Waals surface area contributed by atoms with E-state index in [1.807, 2.05) is 0 Å². The Labute approximate surface area is 56.1 Å². The minimum atomic E-state index is -0.129. The predicted octanol–water partition coefficient (Wildman–Crippen LogP) is 0.495. The molecule has 2 nitrogen and oxygen atoms in total. The Morgan fingerprint density at radius 1 is 1.44 bits per heavy atom. The normalized spacial score (nSPS) is 45.0. The molecular weight excluding hydrogens is 114 g/mol. The molecular formula is C7H15NO. The number of hydrogen-bond donors (Lipinski definition) is 2. The van der Waals surface area contributed by atoms with Crippen LogP contribution < -0.4 is 5.73 Å². The fraction of sp³-hybridized carbons (Fsp3) is 1.00. The first-order valence-electron chi connectivity index (χ1n) is 3.64. The topological polar surface area (TPSA) is 46.2 Å². The minimum absolute atomic E-state index is 0.129. The molecule has 3 N–H and O–H groups in total. The maximum atomic E-state index is 9.12. The zero-order valence-electron chi connectivity index (χ0n) is 5.88. The van der Waals surface area contributed by atoms with E-state index in [4.69, 9.17) is 10.8 Å². The summed E-state index contributed by atoms with van der Waals surface area (Å²) in [4.78, 5) is 0. The van der Waals surface area contributed by atoms with Gasteiger partial charge < -0.3 is 10.8 Å². The molecule has 0 bridgehead atoms. The minimum Gasteiger partial charge on any atom is -0.393 e. The van der Waals surface area contributed by atoms with Crippen molar-refractivity contribution >= 4 is 0 Å². The third-order valence-electron chi connectivity index (χ3n) is 2.23. The number of hydrogen-bond acceptors (Lipinski definition) is 2. The van der Waals surface area contributed by atoms with Crippen molar-refractivity contribution in [2.45, 2.75) is 38.3 Å². The van der Waals surface area contributed by atoms with E-state index < -0.39 is 0 Å². The second-order valence-corrected chi connectivity index (χ2v) is 3.11. The molecule has 0 radical (unpaired) electrons. The molecule has 0 amide bonds. The van der Waals surface area contributed by atoms with Crippen LogP contribution in [-0.4, -0.2) is 17.3 Å². The van der Waals surface area contributed by atoms with Crippen molar-refractivity contribution in [2.75, 3.05) is 0 Å². The average Bonchev–Trinajstić information content (AvgIpc) is 1.80. The van der Waals surface area contributed by atoms with Gasteiger partial charge in [0.15, 0.2) is 0 Å². The first-order valence-corrected chi connectivity index (χ1v) is 3.64. The number of aliphatic hydroxyl groups is 1. The monoisotopic (exact) mass is 129 g/mol. The average molecular weight is 129 g/mol. The lowest BCUT2D eigenvalue weighted by atomic mass is 9.85. The van der Waals surface area contributed by atoms with Crippen molar-refractivity contribution in [1.82, 2.24) is 0 Å². The molecule has 0 heterocycles. The van der Waals surface area contributed by atoms with Crippen LogP contribution in [0, 0.1) is 5.92 Å². The molecule has 3 atom stereocenters. The molecule has 1 fully saturated rings. The van der Waals surface area contributed by atoms with Gasteiger partial charge in [0.2, 0.25) is 0 Å². The Kier molecular flexibility index (Phi) is 2.09. The summed E-state index contributed by atoms with van der Waals surface area (Å²) in [5.41, 5.74) is 5.71. The Morgan fingerprint density at radius 2 is 2.11 bits per heavy atom. The van der Waals surface area contributed by atoms with Gasteiger partial charge in [0.1, 0.15) is 0 Å². The second-order valence-electron chi connectivity index (χ2n) is 3.11. The van der Waals surface area contributed by atoms with Crippen LogP contribution in [0.4, 0.5) is 0 Å². The van der Waals surface area contributed by atoms with Crippen LogP contribution >= 0.6 is 0 Å². The molecule has 0 aromatic heterocycles. The zero-order valence-corrected chi connectivity index (χ0v) is 5.88. The standard InChI is InChI=1S/C7H15NO/c1-5-2-3-6(9)4-7(5)8/h5-7,9H,2-4,8H2,1H3/t5-,6?,7+/m0/s1. The Bertz CT molecular complexity index is 94.9. The van der Waals surface area contributed by atoms with Gasteiger partial charge in [-0.05, 0) is 25.2 Å². The van der Waals surface area contributed by atoms with E-state index in [9.17, 15) is 0 Å². The highest BCUT2D eigenvalue weighted by atomic mass is 16.3. The molecule has 0 aliphatic heterocycles. The van der Waals surface area contributed by atoms with Crippen LogP contribution in [0.1, 0.15) is 26.2 Å². The molecule has 1 aliphatic carbocycles. The van der Waals surface area contributed by atoms with Gasteiger partial charge in [-0.3, -0.25) is 0 Å². The number of aliphatic hydroxyl groups excluding tert-OH is 1. The molecule has 0 spiro atoms. The van der Waals surface area contributed by atoms with E-state index in [1.165, 1.54) is 0 Å². The summed E-state index contributed by atoms with van der Waals surface area (Å²) in [5.74, 6) is 0.605. The van der Waals surface area contributed by atoms with Crippen molar-refractivity contribution in [3.05, 3.63) is 0 Å². The predicted molar refractivity (Wildman–Crippen MR) is 37.0 cm³/mol. The van der Waals surface area contributed by atoms with Crippen molar-refractivity contribution < 1.29 is 5.11 Å². The van der Waals surface area contributed by atoms with E-state index in [-0.39, 0.29) is 12.1 Å². The van der Waals surface area contributed by atoms with Gasteiger partial charge in [0.05, 0.1) is 6.10 Å². The summed E-state index contributed by atoms with van der Waals surface area (Å²) in [6.45, 7) is 2.15. The van der Waals surface area contributed by atoms with E-state index >= 15 is 0 Å². The third-order valence-corrected chi connectivity index (χ3v) is 2.23. The molecule has 0 aromatic rings. The molecule has 1 saturated carbocycles. The summed E-state index contributed by atoms with van der Waals surface area (Å²) in [6, 6.07) is 0.230. The van der Waals surface area contributed by atoms with Crippen molar-refractivity contribution in [3.8, 4) is 0 Å². The lowest BCUT2D eigenvalue weighted by Gasteiger charge is -2.28. The molecule has 2 heteroatoms.